The van der Waals surface area contributed by atoms with Gasteiger partial charge >= 0.3 is 0 Å². The largest absolute Gasteiger partial charge is 0.324 e. The predicted molar refractivity (Wildman–Crippen MR) is 60.4 cm³/mol. The highest BCUT2D eigenvalue weighted by Gasteiger charge is 2.34. The number of aromatic nitrogens is 1. The van der Waals surface area contributed by atoms with Gasteiger partial charge in [0.2, 0.25) is 0 Å². The highest BCUT2D eigenvalue weighted by atomic mass is 32.1. The molecule has 0 amide bonds. The van der Waals surface area contributed by atoms with E-state index < -0.39 is 0 Å². The molecule has 1 aromatic heterocycles. The first-order valence-electron chi connectivity index (χ1n) is 5.38. The average molecular weight is 210 g/mol. The van der Waals surface area contributed by atoms with Crippen molar-refractivity contribution in [2.24, 2.45) is 11.7 Å². The molecule has 0 bridgehead atoms. The van der Waals surface area contributed by atoms with Crippen molar-refractivity contribution in [3.63, 3.8) is 0 Å². The Balaban J connectivity index is 2.07. The fraction of sp³-hybridized carbons (Fsp3) is 0.727. The molecule has 0 saturated heterocycles. The van der Waals surface area contributed by atoms with E-state index in [-0.39, 0.29) is 5.54 Å². The lowest BCUT2D eigenvalue weighted by Crippen LogP contribution is -2.49. The van der Waals surface area contributed by atoms with E-state index in [0.29, 0.717) is 5.92 Å². The van der Waals surface area contributed by atoms with Crippen molar-refractivity contribution >= 4 is 11.3 Å². The molecule has 2 unspecified atom stereocenters. The van der Waals surface area contributed by atoms with E-state index in [2.05, 4.69) is 11.9 Å². The molecule has 0 aliphatic heterocycles. The van der Waals surface area contributed by atoms with Gasteiger partial charge in [0, 0.05) is 23.5 Å². The van der Waals surface area contributed by atoms with E-state index in [1.807, 2.05) is 11.6 Å². The fourth-order valence-electron chi connectivity index (χ4n) is 2.32. The molecule has 2 N–H and O–H groups in total. The second-order valence-corrected chi connectivity index (χ2v) is 5.46. The molecule has 1 fully saturated rings. The third-order valence-electron chi connectivity index (χ3n) is 3.47. The molecule has 0 radical (unpaired) electrons. The summed E-state index contributed by atoms with van der Waals surface area (Å²) in [6, 6.07) is 0. The van der Waals surface area contributed by atoms with Crippen molar-refractivity contribution < 1.29 is 0 Å². The lowest BCUT2D eigenvalue weighted by Gasteiger charge is -2.39. The van der Waals surface area contributed by atoms with Gasteiger partial charge in [-0.15, -0.1) is 11.3 Å². The maximum Gasteiger partial charge on any atom is 0.0943 e. The number of rotatable bonds is 2. The Morgan fingerprint density at radius 2 is 2.50 bits per heavy atom. The summed E-state index contributed by atoms with van der Waals surface area (Å²) in [5, 5.41) is 3.23. The van der Waals surface area contributed by atoms with Crippen LogP contribution in [0.25, 0.3) is 0 Å². The fourth-order valence-corrected chi connectivity index (χ4v) is 3.08. The maximum atomic E-state index is 6.46. The molecule has 0 spiro atoms. The molecule has 1 saturated carbocycles. The first kappa shape index (κ1) is 10.1. The summed E-state index contributed by atoms with van der Waals surface area (Å²) >= 11 is 1.73. The van der Waals surface area contributed by atoms with E-state index in [1.54, 1.807) is 11.3 Å². The molecule has 78 valence electrons. The summed E-state index contributed by atoms with van der Waals surface area (Å²) in [4.78, 5) is 4.33. The summed E-state index contributed by atoms with van der Waals surface area (Å²) < 4.78 is 0. The summed E-state index contributed by atoms with van der Waals surface area (Å²) in [5.74, 6) is 0.639. The van der Waals surface area contributed by atoms with Crippen LogP contribution in [0.4, 0.5) is 0 Å². The van der Waals surface area contributed by atoms with Gasteiger partial charge in [-0.2, -0.15) is 0 Å². The van der Waals surface area contributed by atoms with Crippen molar-refractivity contribution in [3.8, 4) is 0 Å². The van der Waals surface area contributed by atoms with Crippen LogP contribution in [0.5, 0.6) is 0 Å². The van der Waals surface area contributed by atoms with Gasteiger partial charge < -0.3 is 5.73 Å². The molecular formula is C11H18N2S. The number of nitrogens with two attached hydrogens (primary N) is 1. The van der Waals surface area contributed by atoms with Crippen molar-refractivity contribution in [3.05, 3.63) is 16.6 Å². The Hall–Kier alpha value is -0.410. The van der Waals surface area contributed by atoms with E-state index in [4.69, 9.17) is 5.73 Å². The van der Waals surface area contributed by atoms with Crippen LogP contribution >= 0.6 is 11.3 Å². The molecule has 2 rings (SSSR count). The first-order valence-corrected chi connectivity index (χ1v) is 6.26. The van der Waals surface area contributed by atoms with Gasteiger partial charge in [0.1, 0.15) is 0 Å². The number of hydrogen-bond acceptors (Lipinski definition) is 3. The second-order valence-electron chi connectivity index (χ2n) is 4.48. The van der Waals surface area contributed by atoms with E-state index in [0.717, 1.165) is 12.8 Å². The number of hydrogen-bond donors (Lipinski definition) is 1. The highest BCUT2D eigenvalue weighted by Crippen LogP contribution is 2.34. The number of thiazole rings is 1. The minimum atomic E-state index is 0.0100. The molecule has 2 nitrogen and oxygen atoms in total. The van der Waals surface area contributed by atoms with Crippen LogP contribution < -0.4 is 5.73 Å². The molecule has 1 aliphatic rings. The lowest BCUT2D eigenvalue weighted by molar-refractivity contribution is 0.204. The van der Waals surface area contributed by atoms with Crippen LogP contribution in [0.2, 0.25) is 0 Å². The molecule has 3 heteroatoms. The summed E-state index contributed by atoms with van der Waals surface area (Å²) in [5.41, 5.74) is 6.47. The summed E-state index contributed by atoms with van der Waals surface area (Å²) in [7, 11) is 0. The normalized spacial score (nSPS) is 33.1. The second kappa shape index (κ2) is 3.99. The van der Waals surface area contributed by atoms with Crippen LogP contribution in [0.15, 0.2) is 11.6 Å². The molecule has 1 heterocycles. The minimum absolute atomic E-state index is 0.0100. The Kier molecular flexibility index (Phi) is 2.88. The lowest BCUT2D eigenvalue weighted by atomic mass is 9.72. The summed E-state index contributed by atoms with van der Waals surface area (Å²) in [6.07, 6.45) is 7.91. The Morgan fingerprint density at radius 1 is 1.64 bits per heavy atom. The van der Waals surface area contributed by atoms with Crippen LogP contribution in [0.3, 0.4) is 0 Å². The van der Waals surface area contributed by atoms with Gasteiger partial charge in [0.15, 0.2) is 0 Å². The Labute approximate surface area is 89.5 Å². The maximum absolute atomic E-state index is 6.46. The van der Waals surface area contributed by atoms with Crippen molar-refractivity contribution in [1.29, 1.82) is 0 Å². The van der Waals surface area contributed by atoms with Gasteiger partial charge in [-0.25, -0.2) is 4.98 Å². The molecule has 2 atom stereocenters. The average Bonchev–Trinajstić information content (AvgIpc) is 2.63. The molecule has 0 aromatic carbocycles. The van der Waals surface area contributed by atoms with Gasteiger partial charge in [0.25, 0.3) is 0 Å². The van der Waals surface area contributed by atoms with Gasteiger partial charge in [0.05, 0.1) is 5.01 Å². The molecule has 1 aromatic rings. The molecule has 14 heavy (non-hydrogen) atoms. The van der Waals surface area contributed by atoms with Gasteiger partial charge in [-0.3, -0.25) is 0 Å². The Bertz CT molecular complexity index is 283. The molecular weight excluding hydrogens is 192 g/mol. The van der Waals surface area contributed by atoms with Crippen LogP contribution in [-0.2, 0) is 6.42 Å². The smallest absolute Gasteiger partial charge is 0.0943 e. The monoisotopic (exact) mass is 210 g/mol. The van der Waals surface area contributed by atoms with Gasteiger partial charge in [-0.1, -0.05) is 19.8 Å². The topological polar surface area (TPSA) is 38.9 Å². The van der Waals surface area contributed by atoms with Crippen LogP contribution in [-0.4, -0.2) is 10.5 Å². The van der Waals surface area contributed by atoms with E-state index >= 15 is 0 Å². The van der Waals surface area contributed by atoms with Crippen LogP contribution in [0, 0.1) is 5.92 Å². The van der Waals surface area contributed by atoms with Crippen molar-refractivity contribution in [2.45, 2.75) is 44.6 Å². The third kappa shape index (κ3) is 1.98. The van der Waals surface area contributed by atoms with Crippen LogP contribution in [0.1, 0.15) is 37.6 Å². The number of nitrogens with zero attached hydrogens (tertiary/aromatic N) is 1. The highest BCUT2D eigenvalue weighted by molar-refractivity contribution is 7.09. The molecule has 1 aliphatic carbocycles. The third-order valence-corrected chi connectivity index (χ3v) is 4.25. The van der Waals surface area contributed by atoms with Gasteiger partial charge in [-0.05, 0) is 18.8 Å². The minimum Gasteiger partial charge on any atom is -0.324 e. The van der Waals surface area contributed by atoms with Crippen molar-refractivity contribution in [1.82, 2.24) is 4.98 Å². The van der Waals surface area contributed by atoms with E-state index in [9.17, 15) is 0 Å². The van der Waals surface area contributed by atoms with Crippen molar-refractivity contribution in [2.75, 3.05) is 0 Å². The predicted octanol–water partition coefficient (Wildman–Crippen LogP) is 2.59. The summed E-state index contributed by atoms with van der Waals surface area (Å²) in [6.45, 7) is 2.28. The zero-order valence-corrected chi connectivity index (χ0v) is 9.52. The Morgan fingerprint density at radius 3 is 3.14 bits per heavy atom. The SMILES string of the molecule is CC1CCCCC1(N)Cc1nccs1. The standard InChI is InChI=1S/C11H18N2S/c1-9-4-2-3-5-11(9,12)8-10-13-6-7-14-10/h6-7,9H,2-5,8,12H2,1H3. The van der Waals surface area contributed by atoms with E-state index in [1.165, 1.54) is 24.3 Å². The quantitative estimate of drug-likeness (QED) is 0.815. The first-order chi connectivity index (χ1) is 6.71. The zero-order valence-electron chi connectivity index (χ0n) is 8.70. The zero-order chi connectivity index (χ0) is 10.0.